The highest BCUT2D eigenvalue weighted by Gasteiger charge is 2.47. The molecule has 2 aromatic heterocycles. The molecule has 8 heteroatoms. The molecule has 0 unspecified atom stereocenters. The van der Waals surface area contributed by atoms with Gasteiger partial charge in [0.25, 0.3) is 0 Å². The van der Waals surface area contributed by atoms with E-state index in [1.54, 1.807) is 19.6 Å². The summed E-state index contributed by atoms with van der Waals surface area (Å²) >= 11 is 0. The molecule has 1 aromatic carbocycles. The van der Waals surface area contributed by atoms with E-state index in [2.05, 4.69) is 20.6 Å². The van der Waals surface area contributed by atoms with E-state index in [4.69, 9.17) is 18.6 Å². The van der Waals surface area contributed by atoms with Crippen molar-refractivity contribution < 1.29 is 18.6 Å². The van der Waals surface area contributed by atoms with Crippen LogP contribution in [0.4, 0.5) is 5.95 Å². The molecule has 4 heterocycles. The fourth-order valence-electron chi connectivity index (χ4n) is 4.04. The predicted molar refractivity (Wildman–Crippen MR) is 110 cm³/mol. The molecule has 2 saturated heterocycles. The summed E-state index contributed by atoms with van der Waals surface area (Å²) in [7, 11) is 1.66. The van der Waals surface area contributed by atoms with E-state index in [1.165, 1.54) is 0 Å². The Morgan fingerprint density at radius 1 is 1.03 bits per heavy atom. The van der Waals surface area contributed by atoms with Crippen molar-refractivity contribution in [3.8, 4) is 17.0 Å². The van der Waals surface area contributed by atoms with Crippen molar-refractivity contribution in [3.05, 3.63) is 60.7 Å². The first-order valence-corrected chi connectivity index (χ1v) is 10.0. The number of para-hydroxylation sites is 1. The van der Waals surface area contributed by atoms with Crippen LogP contribution in [0.2, 0.25) is 0 Å². The van der Waals surface area contributed by atoms with Gasteiger partial charge < -0.3 is 29.3 Å². The number of methoxy groups -OCH3 is 1. The molecule has 0 radical (unpaired) electrons. The lowest BCUT2D eigenvalue weighted by molar-refractivity contribution is 0.0673. The van der Waals surface area contributed by atoms with Crippen LogP contribution >= 0.6 is 0 Å². The van der Waals surface area contributed by atoms with Crippen LogP contribution in [0.15, 0.2) is 59.3 Å². The number of benzene rings is 1. The van der Waals surface area contributed by atoms with Gasteiger partial charge in [-0.1, -0.05) is 12.1 Å². The lowest BCUT2D eigenvalue weighted by atomic mass is 10.1. The first-order chi connectivity index (χ1) is 14.8. The Morgan fingerprint density at radius 2 is 1.87 bits per heavy atom. The second kappa shape index (κ2) is 8.43. The van der Waals surface area contributed by atoms with Crippen LogP contribution < -0.4 is 15.4 Å². The number of rotatable bonds is 7. The normalized spacial score (nSPS) is 25.2. The molecule has 30 heavy (non-hydrogen) atoms. The molecule has 0 saturated carbocycles. The molecule has 0 bridgehead atoms. The van der Waals surface area contributed by atoms with Crippen LogP contribution in [0.25, 0.3) is 11.3 Å². The zero-order valence-electron chi connectivity index (χ0n) is 16.7. The van der Waals surface area contributed by atoms with Crippen LogP contribution in [0.3, 0.4) is 0 Å². The van der Waals surface area contributed by atoms with Crippen LogP contribution in [0.1, 0.15) is 5.76 Å². The average molecular weight is 408 g/mol. The number of aromatic nitrogens is 2. The van der Waals surface area contributed by atoms with Crippen LogP contribution in [0.5, 0.6) is 5.75 Å². The quantitative estimate of drug-likeness (QED) is 0.616. The summed E-state index contributed by atoms with van der Waals surface area (Å²) in [5.74, 6) is 2.21. The van der Waals surface area contributed by atoms with E-state index in [-0.39, 0.29) is 24.3 Å². The Morgan fingerprint density at radius 3 is 2.70 bits per heavy atom. The Kier molecular flexibility index (Phi) is 5.35. The lowest BCUT2D eigenvalue weighted by Crippen LogP contribution is -2.41. The van der Waals surface area contributed by atoms with Gasteiger partial charge in [-0.2, -0.15) is 0 Å². The summed E-state index contributed by atoms with van der Waals surface area (Å²) in [6.45, 7) is 1.78. The Bertz CT molecular complexity index is 981. The molecule has 2 fully saturated rings. The van der Waals surface area contributed by atoms with Crippen molar-refractivity contribution in [1.29, 1.82) is 0 Å². The number of ether oxygens (including phenoxy) is 3. The van der Waals surface area contributed by atoms with Crippen molar-refractivity contribution >= 4 is 5.95 Å². The van der Waals surface area contributed by atoms with Crippen molar-refractivity contribution in [3.63, 3.8) is 0 Å². The van der Waals surface area contributed by atoms with E-state index >= 15 is 0 Å². The van der Waals surface area contributed by atoms with Crippen LogP contribution in [0, 0.1) is 0 Å². The summed E-state index contributed by atoms with van der Waals surface area (Å²) in [4.78, 5) is 9.06. The monoisotopic (exact) mass is 408 g/mol. The minimum Gasteiger partial charge on any atom is -0.496 e. The summed E-state index contributed by atoms with van der Waals surface area (Å²) in [5, 5.41) is 6.86. The number of nitrogens with one attached hydrogen (secondary N) is 2. The van der Waals surface area contributed by atoms with Crippen molar-refractivity contribution in [2.75, 3.05) is 25.6 Å². The highest BCUT2D eigenvalue weighted by molar-refractivity contribution is 5.67. The van der Waals surface area contributed by atoms with E-state index in [0.29, 0.717) is 25.7 Å². The van der Waals surface area contributed by atoms with Crippen LogP contribution in [-0.2, 0) is 16.0 Å². The first kappa shape index (κ1) is 19.0. The average Bonchev–Trinajstić information content (AvgIpc) is 3.52. The highest BCUT2D eigenvalue weighted by atomic mass is 16.6. The summed E-state index contributed by atoms with van der Waals surface area (Å²) < 4.78 is 22.9. The minimum absolute atomic E-state index is 0.0154. The topological polar surface area (TPSA) is 90.7 Å². The van der Waals surface area contributed by atoms with Gasteiger partial charge in [-0.15, -0.1) is 0 Å². The molecule has 5 rings (SSSR count). The zero-order valence-corrected chi connectivity index (χ0v) is 16.7. The highest BCUT2D eigenvalue weighted by Crippen LogP contribution is 2.31. The van der Waals surface area contributed by atoms with E-state index < -0.39 is 0 Å². The van der Waals surface area contributed by atoms with Gasteiger partial charge >= 0.3 is 0 Å². The maximum Gasteiger partial charge on any atom is 0.223 e. The summed E-state index contributed by atoms with van der Waals surface area (Å²) in [6.07, 6.45) is 3.34. The van der Waals surface area contributed by atoms with Gasteiger partial charge in [0.2, 0.25) is 5.95 Å². The molecule has 0 aliphatic carbocycles. The second-order valence-corrected chi connectivity index (χ2v) is 7.38. The molecule has 4 atom stereocenters. The minimum atomic E-state index is -0.0578. The number of hydrogen-bond donors (Lipinski definition) is 2. The van der Waals surface area contributed by atoms with Crippen LogP contribution in [-0.4, -0.2) is 54.6 Å². The van der Waals surface area contributed by atoms with Gasteiger partial charge in [0.1, 0.15) is 23.7 Å². The van der Waals surface area contributed by atoms with Gasteiger partial charge in [-0.3, -0.25) is 0 Å². The Labute approximate surface area is 174 Å². The van der Waals surface area contributed by atoms with Gasteiger partial charge in [0.15, 0.2) is 0 Å². The molecular formula is C22H24N4O4. The summed E-state index contributed by atoms with van der Waals surface area (Å²) in [5.41, 5.74) is 1.72. The van der Waals surface area contributed by atoms with Gasteiger partial charge in [0, 0.05) is 11.8 Å². The number of nitrogens with zero attached hydrogens (tertiary/aromatic N) is 2. The lowest BCUT2D eigenvalue weighted by Gasteiger charge is -2.18. The fourth-order valence-corrected chi connectivity index (χ4v) is 4.04. The zero-order chi connectivity index (χ0) is 20.3. The molecule has 3 aromatic rings. The molecule has 2 aliphatic rings. The Balaban J connectivity index is 1.25. The number of furan rings is 1. The third kappa shape index (κ3) is 3.77. The SMILES string of the molecule is COc1ccccc1-c1ccnc(N[C@@H]2CO[C@@H]3[C@@H]2OC[C@@H]3NCc2ccco2)n1. The van der Waals surface area contributed by atoms with Crippen molar-refractivity contribution in [1.82, 2.24) is 15.3 Å². The van der Waals surface area contributed by atoms with E-state index in [0.717, 1.165) is 22.8 Å². The Hall–Kier alpha value is -2.94. The standard InChI is InChI=1S/C22H24N4O4/c1-27-19-7-3-2-6-15(19)16-8-9-23-22(25-16)26-18-13-30-20-17(12-29-21(18)20)24-11-14-5-4-10-28-14/h2-10,17-18,20-21,24H,11-13H2,1H3,(H,23,25,26)/t17-,18+,20-,21+/m0/s1. The fraction of sp³-hybridized carbons (Fsp3) is 0.364. The molecule has 0 spiro atoms. The van der Waals surface area contributed by atoms with Gasteiger partial charge in [0.05, 0.1) is 50.9 Å². The molecule has 2 N–H and O–H groups in total. The van der Waals surface area contributed by atoms with E-state index in [9.17, 15) is 0 Å². The van der Waals surface area contributed by atoms with Crippen molar-refractivity contribution in [2.45, 2.75) is 30.8 Å². The third-order valence-corrected chi connectivity index (χ3v) is 5.53. The smallest absolute Gasteiger partial charge is 0.223 e. The van der Waals surface area contributed by atoms with Gasteiger partial charge in [-0.05, 0) is 30.3 Å². The molecular weight excluding hydrogens is 384 g/mol. The maximum atomic E-state index is 6.04. The molecule has 2 aliphatic heterocycles. The molecule has 8 nitrogen and oxygen atoms in total. The summed E-state index contributed by atoms with van der Waals surface area (Å²) in [6, 6.07) is 13.6. The second-order valence-electron chi connectivity index (χ2n) is 7.38. The molecule has 0 amide bonds. The number of fused-ring (bicyclic) bond motifs is 1. The predicted octanol–water partition coefficient (Wildman–Crippen LogP) is 2.48. The van der Waals surface area contributed by atoms with E-state index in [1.807, 2.05) is 42.5 Å². The number of hydrogen-bond acceptors (Lipinski definition) is 8. The third-order valence-electron chi connectivity index (χ3n) is 5.53. The molecule has 156 valence electrons. The number of anilines is 1. The largest absolute Gasteiger partial charge is 0.496 e. The van der Waals surface area contributed by atoms with Gasteiger partial charge in [-0.25, -0.2) is 9.97 Å². The first-order valence-electron chi connectivity index (χ1n) is 10.0. The van der Waals surface area contributed by atoms with Crippen molar-refractivity contribution in [2.24, 2.45) is 0 Å². The maximum absolute atomic E-state index is 6.04.